The van der Waals surface area contributed by atoms with Gasteiger partial charge in [-0.05, 0) is 47.9 Å². The zero-order valence-corrected chi connectivity index (χ0v) is 30.6. The molecule has 1 saturated carbocycles. The second-order valence-electron chi connectivity index (χ2n) is 13.6. The fourth-order valence-electron chi connectivity index (χ4n) is 6.75. The van der Waals surface area contributed by atoms with E-state index in [0.717, 1.165) is 71.0 Å². The van der Waals surface area contributed by atoms with Gasteiger partial charge in [-0.25, -0.2) is 19.9 Å². The molecular weight excluding hydrogens is 631 g/mol. The molecule has 5 N–H and O–H groups in total. The zero-order valence-electron chi connectivity index (χ0n) is 29.0. The number of hydrogen-bond acceptors (Lipinski definition) is 9. The van der Waals surface area contributed by atoms with Crippen molar-refractivity contribution in [1.29, 1.82) is 0 Å². The first-order chi connectivity index (χ1) is 23.4. The van der Waals surface area contributed by atoms with Gasteiger partial charge in [-0.2, -0.15) is 0 Å². The van der Waals surface area contributed by atoms with Crippen LogP contribution in [0.4, 0.5) is 5.95 Å². The van der Waals surface area contributed by atoms with Gasteiger partial charge in [0.15, 0.2) is 0 Å². The van der Waals surface area contributed by atoms with Crippen LogP contribution in [-0.4, -0.2) is 51.1 Å². The van der Waals surface area contributed by atoms with E-state index in [2.05, 4.69) is 106 Å². The largest absolute Gasteiger partial charge is 0.354 e. The molecule has 0 amide bonds. The highest BCUT2D eigenvalue weighted by atomic mass is 32.2. The third kappa shape index (κ3) is 9.59. The molecule has 2 heterocycles. The van der Waals surface area contributed by atoms with Crippen LogP contribution in [0.25, 0.3) is 0 Å². The molecule has 2 aromatic heterocycles. The molecule has 9 heteroatoms. The lowest BCUT2D eigenvalue weighted by Crippen LogP contribution is -2.41. The summed E-state index contributed by atoms with van der Waals surface area (Å²) in [4.78, 5) is 20.6. The maximum Gasteiger partial charge on any atom is 0.223 e. The van der Waals surface area contributed by atoms with Crippen molar-refractivity contribution >= 4 is 29.5 Å². The normalized spacial score (nSPS) is 19.1. The first kappa shape index (κ1) is 36.3. The third-order valence-corrected chi connectivity index (χ3v) is 10.9. The van der Waals surface area contributed by atoms with Crippen molar-refractivity contribution < 1.29 is 0 Å². The number of thioether (sulfide) groups is 2. The highest BCUT2D eigenvalue weighted by Gasteiger charge is 2.54. The van der Waals surface area contributed by atoms with Crippen molar-refractivity contribution in [2.75, 3.05) is 36.5 Å². The standard InChI is InChI=1S/C39H53N7S2/c1-26(2)12-11-17-32-43-30(24-33(45-32)47-22-19-40)37-35(28-13-7-5-8-14-28)38(36(37)29-15-9-6-10-16-29)31-25-34(48-23-20-41)46-39(44-31)42-21-18-27(3)4/h5-10,13-16,24-27,35-38H,11-12,17-23,40-41H2,1-4H3,(H,42,44,46)/t35-,36-,37?,38?/m1/s1. The number of nitrogens with one attached hydrogen (secondary N) is 1. The van der Waals surface area contributed by atoms with Crippen LogP contribution in [0.15, 0.2) is 82.8 Å². The molecule has 256 valence electrons. The van der Waals surface area contributed by atoms with E-state index in [4.69, 9.17) is 31.4 Å². The van der Waals surface area contributed by atoms with E-state index in [-0.39, 0.29) is 23.7 Å². The molecule has 0 radical (unpaired) electrons. The van der Waals surface area contributed by atoms with Crippen LogP contribution < -0.4 is 16.8 Å². The van der Waals surface area contributed by atoms with Crippen molar-refractivity contribution in [3.63, 3.8) is 0 Å². The lowest BCUT2D eigenvalue weighted by molar-refractivity contribution is 0.218. The van der Waals surface area contributed by atoms with Gasteiger partial charge in [-0.15, -0.1) is 23.5 Å². The number of anilines is 1. The van der Waals surface area contributed by atoms with Crippen LogP contribution in [0.1, 0.15) is 99.0 Å². The Bertz CT molecular complexity index is 1430. The first-order valence-electron chi connectivity index (χ1n) is 17.6. The number of aromatic nitrogens is 4. The minimum Gasteiger partial charge on any atom is -0.354 e. The summed E-state index contributed by atoms with van der Waals surface area (Å²) < 4.78 is 0. The van der Waals surface area contributed by atoms with Gasteiger partial charge in [0.1, 0.15) is 15.9 Å². The molecule has 4 aromatic rings. The van der Waals surface area contributed by atoms with Crippen molar-refractivity contribution in [1.82, 2.24) is 19.9 Å². The predicted octanol–water partition coefficient (Wildman–Crippen LogP) is 8.25. The van der Waals surface area contributed by atoms with Gasteiger partial charge in [-0.1, -0.05) is 94.8 Å². The fourth-order valence-corrected chi connectivity index (χ4v) is 8.13. The predicted molar refractivity (Wildman–Crippen MR) is 203 cm³/mol. The summed E-state index contributed by atoms with van der Waals surface area (Å²) in [5.74, 6) is 5.16. The van der Waals surface area contributed by atoms with E-state index < -0.39 is 0 Å². The quantitative estimate of drug-likeness (QED) is 0.0704. The number of hydrogen-bond donors (Lipinski definition) is 3. The van der Waals surface area contributed by atoms with Crippen molar-refractivity contribution in [2.45, 2.75) is 87.1 Å². The Morgan fingerprint density at radius 1 is 0.646 bits per heavy atom. The molecule has 2 atom stereocenters. The average Bonchev–Trinajstić information content (AvgIpc) is 3.06. The Labute approximate surface area is 296 Å². The van der Waals surface area contributed by atoms with E-state index in [9.17, 15) is 0 Å². The topological polar surface area (TPSA) is 116 Å². The van der Waals surface area contributed by atoms with Crippen LogP contribution in [0, 0.1) is 11.8 Å². The second-order valence-corrected chi connectivity index (χ2v) is 15.8. The molecule has 48 heavy (non-hydrogen) atoms. The maximum atomic E-state index is 5.95. The average molecular weight is 684 g/mol. The van der Waals surface area contributed by atoms with E-state index >= 15 is 0 Å². The highest BCUT2D eigenvalue weighted by molar-refractivity contribution is 7.99. The van der Waals surface area contributed by atoms with Gasteiger partial charge >= 0.3 is 0 Å². The third-order valence-electron chi connectivity index (χ3n) is 9.01. The van der Waals surface area contributed by atoms with Crippen molar-refractivity contribution in [2.24, 2.45) is 23.3 Å². The van der Waals surface area contributed by atoms with Crippen LogP contribution in [0.5, 0.6) is 0 Å². The summed E-state index contributed by atoms with van der Waals surface area (Å²) in [5.41, 5.74) is 16.7. The van der Waals surface area contributed by atoms with Crippen LogP contribution in [-0.2, 0) is 6.42 Å². The summed E-state index contributed by atoms with van der Waals surface area (Å²) in [6.07, 6.45) is 4.18. The molecule has 0 aliphatic heterocycles. The summed E-state index contributed by atoms with van der Waals surface area (Å²) in [6.45, 7) is 11.1. The molecule has 1 fully saturated rings. The van der Waals surface area contributed by atoms with E-state index in [1.165, 1.54) is 11.1 Å². The fraction of sp³-hybridized carbons (Fsp3) is 0.487. The Balaban J connectivity index is 1.63. The van der Waals surface area contributed by atoms with E-state index in [1.54, 1.807) is 23.5 Å². The lowest BCUT2D eigenvalue weighted by atomic mass is 9.50. The molecule has 7 nitrogen and oxygen atoms in total. The molecule has 1 aliphatic carbocycles. The molecule has 1 aliphatic rings. The van der Waals surface area contributed by atoms with Crippen LogP contribution in [0.2, 0.25) is 0 Å². The van der Waals surface area contributed by atoms with Crippen molar-refractivity contribution in [3.05, 3.63) is 101 Å². The van der Waals surface area contributed by atoms with Crippen molar-refractivity contribution in [3.8, 4) is 0 Å². The summed E-state index contributed by atoms with van der Waals surface area (Å²) in [6, 6.07) is 26.3. The van der Waals surface area contributed by atoms with Gasteiger partial charge in [0.2, 0.25) is 5.95 Å². The van der Waals surface area contributed by atoms with Gasteiger partial charge < -0.3 is 16.8 Å². The van der Waals surface area contributed by atoms with Gasteiger partial charge in [-0.3, -0.25) is 0 Å². The van der Waals surface area contributed by atoms with E-state index in [0.29, 0.717) is 30.9 Å². The molecule has 2 aromatic carbocycles. The molecular formula is C39H53N7S2. The Hall–Kier alpha value is -2.98. The summed E-state index contributed by atoms with van der Waals surface area (Å²) >= 11 is 3.44. The van der Waals surface area contributed by atoms with Gasteiger partial charge in [0.05, 0.1) is 5.69 Å². The molecule has 0 spiro atoms. The van der Waals surface area contributed by atoms with Crippen LogP contribution in [0.3, 0.4) is 0 Å². The highest BCUT2D eigenvalue weighted by Crippen LogP contribution is 2.66. The minimum absolute atomic E-state index is 0.130. The Morgan fingerprint density at radius 2 is 1.17 bits per heavy atom. The van der Waals surface area contributed by atoms with Gasteiger partial charge in [0.25, 0.3) is 0 Å². The number of rotatable bonds is 18. The Kier molecular flexibility index (Phi) is 13.7. The van der Waals surface area contributed by atoms with Crippen LogP contribution >= 0.6 is 23.5 Å². The second kappa shape index (κ2) is 18.1. The Morgan fingerprint density at radius 3 is 1.69 bits per heavy atom. The number of nitrogens with two attached hydrogens (primary N) is 2. The number of aryl methyl sites for hydroxylation is 1. The number of benzene rings is 2. The molecule has 5 rings (SSSR count). The minimum atomic E-state index is 0.130. The molecule has 0 bridgehead atoms. The molecule has 0 saturated heterocycles. The maximum absolute atomic E-state index is 5.95. The molecule has 0 unspecified atom stereocenters. The SMILES string of the molecule is CC(C)CCCc1nc(SCCN)cc(C2[C@@H](c3ccccc3)C(c3cc(SCCN)nc(NCCC(C)C)n3)[C@@H]2c2ccccc2)n1. The van der Waals surface area contributed by atoms with E-state index in [1.807, 2.05) is 0 Å². The zero-order chi connectivity index (χ0) is 33.9. The summed E-state index contributed by atoms with van der Waals surface area (Å²) in [5, 5.41) is 5.54. The van der Waals surface area contributed by atoms with Gasteiger partial charge in [0, 0.05) is 66.9 Å². The summed E-state index contributed by atoms with van der Waals surface area (Å²) in [7, 11) is 0. The smallest absolute Gasteiger partial charge is 0.223 e. The monoisotopic (exact) mass is 683 g/mol. The number of nitrogens with zero attached hydrogens (tertiary/aromatic N) is 4. The lowest BCUT2D eigenvalue weighted by Gasteiger charge is -2.52. The first-order valence-corrected chi connectivity index (χ1v) is 19.6.